The monoisotopic (exact) mass is 246 g/mol. The van der Waals surface area contributed by atoms with Crippen LogP contribution >= 0.6 is 0 Å². The van der Waals surface area contributed by atoms with Crippen LogP contribution in [0, 0.1) is 0 Å². The van der Waals surface area contributed by atoms with Crippen LogP contribution in [0.3, 0.4) is 0 Å². The van der Waals surface area contributed by atoms with Crippen LogP contribution in [0.5, 0.6) is 5.75 Å². The minimum absolute atomic E-state index is 0.350. The normalized spacial score (nSPS) is 10.1. The quantitative estimate of drug-likeness (QED) is 0.775. The maximum absolute atomic E-state index is 11.5. The first-order chi connectivity index (χ1) is 8.74. The van der Waals surface area contributed by atoms with E-state index in [4.69, 9.17) is 9.47 Å². The molecule has 0 N–H and O–H groups in total. The van der Waals surface area contributed by atoms with Crippen molar-refractivity contribution in [2.24, 2.45) is 0 Å². The summed E-state index contributed by atoms with van der Waals surface area (Å²) in [5, 5.41) is 4.13. The fraction of sp³-hybridized carbons (Fsp3) is 0.231. The SMILES string of the molecule is CCOC(=O)c1cnn(-c2cccc(OC)c2)c1. The summed E-state index contributed by atoms with van der Waals surface area (Å²) in [6.45, 7) is 2.12. The number of aromatic nitrogens is 2. The molecule has 5 nitrogen and oxygen atoms in total. The molecule has 0 saturated heterocycles. The average Bonchev–Trinajstić information content (AvgIpc) is 2.89. The number of esters is 1. The Labute approximate surface area is 105 Å². The maximum atomic E-state index is 11.5. The summed E-state index contributed by atoms with van der Waals surface area (Å²) < 4.78 is 11.6. The largest absolute Gasteiger partial charge is 0.497 e. The summed E-state index contributed by atoms with van der Waals surface area (Å²) in [7, 11) is 1.60. The number of hydrogen-bond donors (Lipinski definition) is 0. The van der Waals surface area contributed by atoms with E-state index in [-0.39, 0.29) is 5.97 Å². The van der Waals surface area contributed by atoms with Gasteiger partial charge in [-0.2, -0.15) is 5.10 Å². The molecule has 0 fully saturated rings. The number of hydrogen-bond acceptors (Lipinski definition) is 4. The van der Waals surface area contributed by atoms with Gasteiger partial charge in [-0.05, 0) is 19.1 Å². The highest BCUT2D eigenvalue weighted by molar-refractivity contribution is 5.88. The third-order valence-corrected chi connectivity index (χ3v) is 2.41. The third kappa shape index (κ3) is 2.51. The van der Waals surface area contributed by atoms with E-state index in [1.807, 2.05) is 24.3 Å². The lowest BCUT2D eigenvalue weighted by Crippen LogP contribution is -2.03. The molecule has 1 heterocycles. The van der Waals surface area contributed by atoms with Gasteiger partial charge in [-0.3, -0.25) is 0 Å². The van der Waals surface area contributed by atoms with Crippen molar-refractivity contribution in [3.63, 3.8) is 0 Å². The van der Waals surface area contributed by atoms with Gasteiger partial charge >= 0.3 is 5.97 Å². The van der Waals surface area contributed by atoms with Crippen LogP contribution in [0.25, 0.3) is 5.69 Å². The second-order valence-corrected chi connectivity index (χ2v) is 3.60. The number of carbonyl (C=O) groups excluding carboxylic acids is 1. The van der Waals surface area contributed by atoms with Crippen LogP contribution in [-0.2, 0) is 4.74 Å². The Bertz CT molecular complexity index is 549. The second-order valence-electron chi connectivity index (χ2n) is 3.60. The zero-order valence-corrected chi connectivity index (χ0v) is 10.3. The van der Waals surface area contributed by atoms with Gasteiger partial charge in [0.2, 0.25) is 0 Å². The minimum atomic E-state index is -0.369. The lowest BCUT2D eigenvalue weighted by atomic mass is 10.3. The number of carbonyl (C=O) groups is 1. The molecule has 0 spiro atoms. The molecule has 1 aromatic heterocycles. The number of benzene rings is 1. The van der Waals surface area contributed by atoms with Gasteiger partial charge in [-0.15, -0.1) is 0 Å². The van der Waals surface area contributed by atoms with Crippen molar-refractivity contribution in [3.8, 4) is 11.4 Å². The first kappa shape index (κ1) is 12.2. The summed E-state index contributed by atoms with van der Waals surface area (Å²) in [6.07, 6.45) is 3.12. The van der Waals surface area contributed by atoms with Crippen molar-refractivity contribution < 1.29 is 14.3 Å². The number of nitrogens with zero attached hydrogens (tertiary/aromatic N) is 2. The molecular weight excluding hydrogens is 232 g/mol. The molecule has 0 amide bonds. The minimum Gasteiger partial charge on any atom is -0.497 e. The van der Waals surface area contributed by atoms with E-state index in [9.17, 15) is 4.79 Å². The van der Waals surface area contributed by atoms with E-state index in [1.165, 1.54) is 6.20 Å². The van der Waals surface area contributed by atoms with Gasteiger partial charge in [0, 0.05) is 12.3 Å². The molecule has 0 aliphatic heterocycles. The van der Waals surface area contributed by atoms with E-state index >= 15 is 0 Å². The molecule has 0 aliphatic carbocycles. The number of ether oxygens (including phenoxy) is 2. The predicted molar refractivity (Wildman–Crippen MR) is 66.1 cm³/mol. The van der Waals surface area contributed by atoms with Crippen LogP contribution in [0.1, 0.15) is 17.3 Å². The van der Waals surface area contributed by atoms with E-state index in [2.05, 4.69) is 5.10 Å². The Morgan fingerprint density at radius 3 is 3.00 bits per heavy atom. The van der Waals surface area contributed by atoms with Crippen molar-refractivity contribution in [1.82, 2.24) is 9.78 Å². The summed E-state index contributed by atoms with van der Waals surface area (Å²) in [4.78, 5) is 11.5. The summed E-state index contributed by atoms with van der Waals surface area (Å²) in [5.74, 6) is 0.368. The summed E-state index contributed by atoms with van der Waals surface area (Å²) in [5.41, 5.74) is 1.25. The van der Waals surface area contributed by atoms with Crippen LogP contribution < -0.4 is 4.74 Å². The molecule has 0 radical (unpaired) electrons. The molecule has 0 unspecified atom stereocenters. The van der Waals surface area contributed by atoms with Gasteiger partial charge in [0.25, 0.3) is 0 Å². The molecule has 0 aliphatic rings. The summed E-state index contributed by atoms with van der Waals surface area (Å²) in [6, 6.07) is 7.42. The smallest absolute Gasteiger partial charge is 0.341 e. The molecule has 2 rings (SSSR count). The molecule has 94 valence electrons. The molecule has 1 aromatic carbocycles. The Morgan fingerprint density at radius 1 is 1.44 bits per heavy atom. The average molecular weight is 246 g/mol. The lowest BCUT2D eigenvalue weighted by molar-refractivity contribution is 0.0526. The summed E-state index contributed by atoms with van der Waals surface area (Å²) >= 11 is 0. The fourth-order valence-electron chi connectivity index (χ4n) is 1.54. The number of methoxy groups -OCH3 is 1. The van der Waals surface area contributed by atoms with Crippen LogP contribution in [-0.4, -0.2) is 29.5 Å². The third-order valence-electron chi connectivity index (χ3n) is 2.41. The Balaban J connectivity index is 2.26. The number of rotatable bonds is 4. The molecular formula is C13H14N2O3. The predicted octanol–water partition coefficient (Wildman–Crippen LogP) is 2.06. The Morgan fingerprint density at radius 2 is 2.28 bits per heavy atom. The van der Waals surface area contributed by atoms with E-state index in [1.54, 1.807) is 24.9 Å². The zero-order valence-electron chi connectivity index (χ0n) is 10.3. The molecule has 18 heavy (non-hydrogen) atoms. The van der Waals surface area contributed by atoms with Crippen molar-refractivity contribution in [2.75, 3.05) is 13.7 Å². The molecule has 0 bridgehead atoms. The highest BCUT2D eigenvalue weighted by Gasteiger charge is 2.10. The van der Waals surface area contributed by atoms with Gasteiger partial charge in [0.15, 0.2) is 0 Å². The highest BCUT2D eigenvalue weighted by Crippen LogP contribution is 2.16. The van der Waals surface area contributed by atoms with E-state index in [0.717, 1.165) is 11.4 Å². The zero-order chi connectivity index (χ0) is 13.0. The highest BCUT2D eigenvalue weighted by atomic mass is 16.5. The van der Waals surface area contributed by atoms with E-state index < -0.39 is 0 Å². The van der Waals surface area contributed by atoms with Gasteiger partial charge < -0.3 is 9.47 Å². The van der Waals surface area contributed by atoms with Crippen molar-refractivity contribution in [1.29, 1.82) is 0 Å². The molecule has 0 saturated carbocycles. The lowest BCUT2D eigenvalue weighted by Gasteiger charge is -2.03. The van der Waals surface area contributed by atoms with Crippen molar-refractivity contribution >= 4 is 5.97 Å². The first-order valence-corrected chi connectivity index (χ1v) is 5.61. The van der Waals surface area contributed by atoms with E-state index in [0.29, 0.717) is 12.2 Å². The van der Waals surface area contributed by atoms with Crippen LogP contribution in [0.4, 0.5) is 0 Å². The Hall–Kier alpha value is -2.30. The Kier molecular flexibility index (Phi) is 3.62. The van der Waals surface area contributed by atoms with Crippen LogP contribution in [0.15, 0.2) is 36.7 Å². The molecule has 2 aromatic rings. The standard InChI is InChI=1S/C13H14N2O3/c1-3-18-13(16)10-8-14-15(9-10)11-5-4-6-12(7-11)17-2/h4-9H,3H2,1-2H3. The fourth-order valence-corrected chi connectivity index (χ4v) is 1.54. The van der Waals surface area contributed by atoms with Gasteiger partial charge in [-0.1, -0.05) is 6.07 Å². The van der Waals surface area contributed by atoms with Crippen molar-refractivity contribution in [2.45, 2.75) is 6.92 Å². The van der Waals surface area contributed by atoms with Crippen molar-refractivity contribution in [3.05, 3.63) is 42.2 Å². The molecule has 0 atom stereocenters. The maximum Gasteiger partial charge on any atom is 0.341 e. The topological polar surface area (TPSA) is 53.3 Å². The van der Waals surface area contributed by atoms with Gasteiger partial charge in [0.05, 0.1) is 31.2 Å². The first-order valence-electron chi connectivity index (χ1n) is 5.61. The van der Waals surface area contributed by atoms with Crippen LogP contribution in [0.2, 0.25) is 0 Å². The van der Waals surface area contributed by atoms with Gasteiger partial charge in [0.1, 0.15) is 5.75 Å². The van der Waals surface area contributed by atoms with Gasteiger partial charge in [-0.25, -0.2) is 9.48 Å². The molecule has 5 heteroatoms. The second kappa shape index (κ2) is 5.35.